The lowest BCUT2D eigenvalue weighted by molar-refractivity contribution is 0.145. The van der Waals surface area contributed by atoms with E-state index in [2.05, 4.69) is 11.0 Å². The first-order chi connectivity index (χ1) is 8.26. The van der Waals surface area contributed by atoms with Crippen LogP contribution in [0.25, 0.3) is 0 Å². The molecule has 1 rings (SSSR count). The number of hydrogen-bond donors (Lipinski definition) is 1. The van der Waals surface area contributed by atoms with Crippen LogP contribution in [0.5, 0.6) is 5.75 Å². The smallest absolute Gasteiger partial charge is 0.115 e. The molecule has 0 saturated heterocycles. The van der Waals surface area contributed by atoms with Crippen molar-refractivity contribution < 1.29 is 9.84 Å². The number of methoxy groups -OCH3 is 1. The maximum Gasteiger partial charge on any atom is 0.115 e. The maximum atomic E-state index is 9.38. The van der Waals surface area contributed by atoms with Crippen LogP contribution in [0.4, 0.5) is 0 Å². The molecule has 0 fully saturated rings. The molecule has 4 heteroatoms. The fourth-order valence-electron chi connectivity index (χ4n) is 1.61. The molecule has 0 bridgehead atoms. The van der Waals surface area contributed by atoms with E-state index < -0.39 is 0 Å². The summed E-state index contributed by atoms with van der Waals surface area (Å²) in [5, 5.41) is 18.0. The second-order valence-electron chi connectivity index (χ2n) is 3.85. The number of ether oxygens (including phenoxy) is 1. The Morgan fingerprint density at radius 1 is 1.41 bits per heavy atom. The van der Waals surface area contributed by atoms with Crippen LogP contribution < -0.4 is 0 Å². The van der Waals surface area contributed by atoms with Gasteiger partial charge in [-0.25, -0.2) is 0 Å². The van der Waals surface area contributed by atoms with Gasteiger partial charge in [-0.3, -0.25) is 4.90 Å². The number of nitriles is 1. The van der Waals surface area contributed by atoms with Crippen molar-refractivity contribution in [1.82, 2.24) is 4.90 Å². The standard InChI is InChI=1S/C13H18N2O2/c1-17-9-8-15(7-3-6-14)11-12-4-2-5-13(16)10-12/h2,4-5,10,16H,3,7-9,11H2,1H3. The lowest BCUT2D eigenvalue weighted by Crippen LogP contribution is -2.27. The van der Waals surface area contributed by atoms with Crippen molar-refractivity contribution in [3.8, 4) is 11.8 Å². The first-order valence-electron chi connectivity index (χ1n) is 5.62. The monoisotopic (exact) mass is 234 g/mol. The molecule has 1 aromatic rings. The molecular weight excluding hydrogens is 216 g/mol. The SMILES string of the molecule is COCCN(CCC#N)Cc1cccc(O)c1. The van der Waals surface area contributed by atoms with E-state index in [1.54, 1.807) is 19.2 Å². The molecule has 1 N–H and O–H groups in total. The summed E-state index contributed by atoms with van der Waals surface area (Å²) in [5.41, 5.74) is 1.04. The number of phenols is 1. The molecule has 92 valence electrons. The van der Waals surface area contributed by atoms with Gasteiger partial charge in [0.2, 0.25) is 0 Å². The van der Waals surface area contributed by atoms with Crippen molar-refractivity contribution in [3.05, 3.63) is 29.8 Å². The maximum absolute atomic E-state index is 9.38. The molecule has 0 aliphatic carbocycles. The van der Waals surface area contributed by atoms with Gasteiger partial charge < -0.3 is 9.84 Å². The fraction of sp³-hybridized carbons (Fsp3) is 0.462. The van der Waals surface area contributed by atoms with Gasteiger partial charge in [0, 0.05) is 33.2 Å². The molecule has 0 aromatic heterocycles. The van der Waals surface area contributed by atoms with E-state index in [1.807, 2.05) is 12.1 Å². The zero-order chi connectivity index (χ0) is 12.5. The van der Waals surface area contributed by atoms with Crippen LogP contribution in [-0.2, 0) is 11.3 Å². The van der Waals surface area contributed by atoms with Gasteiger partial charge >= 0.3 is 0 Å². The predicted octanol–water partition coefficient (Wildman–Crippen LogP) is 1.75. The Labute approximate surface area is 102 Å². The quantitative estimate of drug-likeness (QED) is 0.781. The minimum Gasteiger partial charge on any atom is -0.508 e. The van der Waals surface area contributed by atoms with Crippen LogP contribution in [0.1, 0.15) is 12.0 Å². The molecule has 17 heavy (non-hydrogen) atoms. The van der Waals surface area contributed by atoms with E-state index in [0.717, 1.165) is 25.2 Å². The van der Waals surface area contributed by atoms with E-state index in [9.17, 15) is 5.11 Å². The highest BCUT2D eigenvalue weighted by atomic mass is 16.5. The summed E-state index contributed by atoms with van der Waals surface area (Å²) in [7, 11) is 1.66. The number of benzene rings is 1. The van der Waals surface area contributed by atoms with Gasteiger partial charge in [0.15, 0.2) is 0 Å². The minimum atomic E-state index is 0.273. The van der Waals surface area contributed by atoms with Gasteiger partial charge in [0.1, 0.15) is 5.75 Å². The fourth-order valence-corrected chi connectivity index (χ4v) is 1.61. The van der Waals surface area contributed by atoms with E-state index >= 15 is 0 Å². The van der Waals surface area contributed by atoms with Crippen molar-refractivity contribution in [1.29, 1.82) is 5.26 Å². The van der Waals surface area contributed by atoms with Gasteiger partial charge in [-0.05, 0) is 17.7 Å². The number of nitrogens with zero attached hydrogens (tertiary/aromatic N) is 2. The number of aromatic hydroxyl groups is 1. The van der Waals surface area contributed by atoms with E-state index in [-0.39, 0.29) is 5.75 Å². The molecule has 0 amide bonds. The molecule has 0 spiro atoms. The van der Waals surface area contributed by atoms with Gasteiger partial charge in [-0.15, -0.1) is 0 Å². The first kappa shape index (κ1) is 13.5. The summed E-state index contributed by atoms with van der Waals surface area (Å²) < 4.78 is 5.04. The van der Waals surface area contributed by atoms with Gasteiger partial charge in [0.05, 0.1) is 12.7 Å². The first-order valence-corrected chi connectivity index (χ1v) is 5.62. The lowest BCUT2D eigenvalue weighted by Gasteiger charge is -2.20. The van der Waals surface area contributed by atoms with Gasteiger partial charge in [0.25, 0.3) is 0 Å². The Hall–Kier alpha value is -1.57. The summed E-state index contributed by atoms with van der Waals surface area (Å²) in [5.74, 6) is 0.273. The molecule has 0 atom stereocenters. The summed E-state index contributed by atoms with van der Waals surface area (Å²) >= 11 is 0. The summed E-state index contributed by atoms with van der Waals surface area (Å²) in [6.45, 7) is 2.87. The van der Waals surface area contributed by atoms with Crippen LogP contribution in [-0.4, -0.2) is 36.8 Å². The highest BCUT2D eigenvalue weighted by Gasteiger charge is 2.05. The van der Waals surface area contributed by atoms with Gasteiger partial charge in [-0.2, -0.15) is 5.26 Å². The third-order valence-electron chi connectivity index (χ3n) is 2.47. The average Bonchev–Trinajstić information content (AvgIpc) is 2.32. The highest BCUT2D eigenvalue weighted by molar-refractivity contribution is 5.26. The molecule has 0 heterocycles. The van der Waals surface area contributed by atoms with Crippen LogP contribution in [0.2, 0.25) is 0 Å². The van der Waals surface area contributed by atoms with Crippen molar-refractivity contribution >= 4 is 0 Å². The Kier molecular flexibility index (Phi) is 6.08. The Balaban J connectivity index is 2.55. The highest BCUT2D eigenvalue weighted by Crippen LogP contribution is 2.13. The molecule has 1 aromatic carbocycles. The number of rotatable bonds is 7. The summed E-state index contributed by atoms with van der Waals surface area (Å²) in [6.07, 6.45) is 0.503. The Morgan fingerprint density at radius 2 is 2.24 bits per heavy atom. The lowest BCUT2D eigenvalue weighted by atomic mass is 10.2. The molecule has 0 aliphatic rings. The molecule has 4 nitrogen and oxygen atoms in total. The van der Waals surface area contributed by atoms with Crippen LogP contribution in [0, 0.1) is 11.3 Å². The normalized spacial score (nSPS) is 10.4. The summed E-state index contributed by atoms with van der Waals surface area (Å²) in [6, 6.07) is 9.32. The Bertz CT molecular complexity index is 374. The third kappa shape index (κ3) is 5.34. The predicted molar refractivity (Wildman–Crippen MR) is 65.5 cm³/mol. The molecule has 0 unspecified atom stereocenters. The van der Waals surface area contributed by atoms with E-state index in [4.69, 9.17) is 10.00 Å². The largest absolute Gasteiger partial charge is 0.508 e. The molecule has 0 aliphatic heterocycles. The third-order valence-corrected chi connectivity index (χ3v) is 2.47. The number of hydrogen-bond acceptors (Lipinski definition) is 4. The zero-order valence-electron chi connectivity index (χ0n) is 10.1. The van der Waals surface area contributed by atoms with Crippen LogP contribution in [0.3, 0.4) is 0 Å². The molecular formula is C13H18N2O2. The van der Waals surface area contributed by atoms with Crippen molar-refractivity contribution in [3.63, 3.8) is 0 Å². The summed E-state index contributed by atoms with van der Waals surface area (Å²) in [4.78, 5) is 2.14. The minimum absolute atomic E-state index is 0.273. The van der Waals surface area contributed by atoms with Crippen molar-refractivity contribution in [2.24, 2.45) is 0 Å². The number of phenolic OH excluding ortho intramolecular Hbond substituents is 1. The zero-order valence-corrected chi connectivity index (χ0v) is 10.1. The Morgan fingerprint density at radius 3 is 2.88 bits per heavy atom. The average molecular weight is 234 g/mol. The van der Waals surface area contributed by atoms with E-state index in [1.165, 1.54) is 0 Å². The second-order valence-corrected chi connectivity index (χ2v) is 3.85. The van der Waals surface area contributed by atoms with Crippen LogP contribution >= 0.6 is 0 Å². The van der Waals surface area contributed by atoms with Crippen LogP contribution in [0.15, 0.2) is 24.3 Å². The van der Waals surface area contributed by atoms with E-state index in [0.29, 0.717) is 13.0 Å². The molecule has 0 saturated carbocycles. The molecule has 0 radical (unpaired) electrons. The second kappa shape index (κ2) is 7.66. The van der Waals surface area contributed by atoms with Gasteiger partial charge in [-0.1, -0.05) is 12.1 Å². The topological polar surface area (TPSA) is 56.5 Å². The van der Waals surface area contributed by atoms with Crippen molar-refractivity contribution in [2.75, 3.05) is 26.8 Å². The van der Waals surface area contributed by atoms with Crippen molar-refractivity contribution in [2.45, 2.75) is 13.0 Å².